The first kappa shape index (κ1) is 10.2. The standard InChI is InChI=1S/C12H14N2S/c1-3-9-4-6-10(7-5-9)12-14-11(13)8(2)15-12/h4-7H,3,13H2,1-2H3. The zero-order valence-corrected chi connectivity index (χ0v) is 9.77. The van der Waals surface area contributed by atoms with Gasteiger partial charge in [0, 0.05) is 10.4 Å². The fourth-order valence-corrected chi connectivity index (χ4v) is 2.25. The molecule has 0 amide bonds. The minimum Gasteiger partial charge on any atom is -0.383 e. The van der Waals surface area contributed by atoms with Crippen molar-refractivity contribution in [3.63, 3.8) is 0 Å². The zero-order chi connectivity index (χ0) is 10.8. The van der Waals surface area contributed by atoms with Gasteiger partial charge < -0.3 is 5.73 Å². The topological polar surface area (TPSA) is 38.9 Å². The highest BCUT2D eigenvalue weighted by atomic mass is 32.1. The Morgan fingerprint density at radius 1 is 1.27 bits per heavy atom. The lowest BCUT2D eigenvalue weighted by atomic mass is 10.1. The van der Waals surface area contributed by atoms with Crippen molar-refractivity contribution in [1.82, 2.24) is 4.98 Å². The second-order valence-corrected chi connectivity index (χ2v) is 4.71. The first-order valence-corrected chi connectivity index (χ1v) is 5.84. The van der Waals surface area contributed by atoms with Gasteiger partial charge in [-0.3, -0.25) is 0 Å². The molecule has 2 nitrogen and oxygen atoms in total. The van der Waals surface area contributed by atoms with Gasteiger partial charge in [-0.1, -0.05) is 31.2 Å². The van der Waals surface area contributed by atoms with Crippen LogP contribution in [0.25, 0.3) is 10.6 Å². The number of hydrogen-bond acceptors (Lipinski definition) is 3. The van der Waals surface area contributed by atoms with Crippen LogP contribution >= 0.6 is 11.3 Å². The summed E-state index contributed by atoms with van der Waals surface area (Å²) in [6.45, 7) is 4.15. The third-order valence-electron chi connectivity index (χ3n) is 2.44. The summed E-state index contributed by atoms with van der Waals surface area (Å²) in [5.41, 5.74) is 8.23. The van der Waals surface area contributed by atoms with Gasteiger partial charge >= 0.3 is 0 Å². The lowest BCUT2D eigenvalue weighted by molar-refractivity contribution is 1.14. The summed E-state index contributed by atoms with van der Waals surface area (Å²) in [5, 5.41) is 1.01. The summed E-state index contributed by atoms with van der Waals surface area (Å²) >= 11 is 1.64. The van der Waals surface area contributed by atoms with E-state index in [-0.39, 0.29) is 0 Å². The molecular weight excluding hydrogens is 204 g/mol. The van der Waals surface area contributed by atoms with Crippen molar-refractivity contribution in [2.24, 2.45) is 0 Å². The van der Waals surface area contributed by atoms with Crippen LogP contribution < -0.4 is 5.73 Å². The Hall–Kier alpha value is -1.35. The molecule has 1 aromatic heterocycles. The summed E-state index contributed by atoms with van der Waals surface area (Å²) in [6.07, 6.45) is 1.07. The Labute approximate surface area is 93.8 Å². The maximum atomic E-state index is 5.73. The number of hydrogen-bond donors (Lipinski definition) is 1. The molecule has 2 rings (SSSR count). The van der Waals surface area contributed by atoms with Gasteiger partial charge in [0.05, 0.1) is 0 Å². The summed E-state index contributed by atoms with van der Waals surface area (Å²) < 4.78 is 0. The SMILES string of the molecule is CCc1ccc(-c2nc(N)c(C)s2)cc1. The number of anilines is 1. The molecule has 15 heavy (non-hydrogen) atoms. The molecular formula is C12H14N2S. The average Bonchev–Trinajstić information content (AvgIpc) is 2.59. The van der Waals surface area contributed by atoms with E-state index in [9.17, 15) is 0 Å². The van der Waals surface area contributed by atoms with Crippen LogP contribution in [0.3, 0.4) is 0 Å². The van der Waals surface area contributed by atoms with Crippen molar-refractivity contribution < 1.29 is 0 Å². The summed E-state index contributed by atoms with van der Waals surface area (Å²) in [6, 6.07) is 8.50. The predicted octanol–water partition coefficient (Wildman–Crippen LogP) is 3.26. The number of rotatable bonds is 2. The molecule has 1 aromatic carbocycles. The molecule has 0 spiro atoms. The van der Waals surface area contributed by atoms with Gasteiger partial charge in [0.25, 0.3) is 0 Å². The summed E-state index contributed by atoms with van der Waals surface area (Å²) in [7, 11) is 0. The largest absolute Gasteiger partial charge is 0.383 e. The van der Waals surface area contributed by atoms with Crippen LogP contribution in [0.1, 0.15) is 17.4 Å². The highest BCUT2D eigenvalue weighted by Crippen LogP contribution is 2.28. The van der Waals surface area contributed by atoms with Crippen molar-refractivity contribution in [3.8, 4) is 10.6 Å². The molecule has 0 aliphatic carbocycles. The van der Waals surface area contributed by atoms with E-state index in [1.165, 1.54) is 5.56 Å². The van der Waals surface area contributed by atoms with Crippen LogP contribution in [-0.4, -0.2) is 4.98 Å². The third kappa shape index (κ3) is 2.02. The van der Waals surface area contributed by atoms with Crippen LogP contribution in [0, 0.1) is 6.92 Å². The monoisotopic (exact) mass is 218 g/mol. The summed E-state index contributed by atoms with van der Waals surface area (Å²) in [4.78, 5) is 5.42. The Morgan fingerprint density at radius 3 is 2.40 bits per heavy atom. The molecule has 0 bridgehead atoms. The molecule has 0 radical (unpaired) electrons. The van der Waals surface area contributed by atoms with Crippen molar-refractivity contribution >= 4 is 17.2 Å². The molecule has 0 unspecified atom stereocenters. The lowest BCUT2D eigenvalue weighted by Gasteiger charge is -1.98. The quantitative estimate of drug-likeness (QED) is 0.840. The Balaban J connectivity index is 2.37. The highest BCUT2D eigenvalue weighted by molar-refractivity contribution is 7.15. The van der Waals surface area contributed by atoms with Gasteiger partial charge in [-0.15, -0.1) is 11.3 Å². The molecule has 0 saturated heterocycles. The van der Waals surface area contributed by atoms with Crippen LogP contribution in [0.15, 0.2) is 24.3 Å². The molecule has 0 aliphatic rings. The molecule has 78 valence electrons. The smallest absolute Gasteiger partial charge is 0.138 e. The Kier molecular flexibility index (Phi) is 2.73. The third-order valence-corrected chi connectivity index (χ3v) is 3.48. The lowest BCUT2D eigenvalue weighted by Crippen LogP contribution is -1.86. The summed E-state index contributed by atoms with van der Waals surface area (Å²) in [5.74, 6) is 0.648. The zero-order valence-electron chi connectivity index (χ0n) is 8.95. The van der Waals surface area contributed by atoms with E-state index in [2.05, 4.69) is 36.2 Å². The van der Waals surface area contributed by atoms with Crippen LogP contribution in [-0.2, 0) is 6.42 Å². The number of benzene rings is 1. The first-order chi connectivity index (χ1) is 7.20. The fraction of sp³-hybridized carbons (Fsp3) is 0.250. The highest BCUT2D eigenvalue weighted by Gasteiger charge is 2.06. The molecule has 0 atom stereocenters. The van der Waals surface area contributed by atoms with Gasteiger partial charge in [0.2, 0.25) is 0 Å². The molecule has 2 N–H and O–H groups in total. The number of thiazole rings is 1. The van der Waals surface area contributed by atoms with Crippen LogP contribution in [0.5, 0.6) is 0 Å². The predicted molar refractivity (Wildman–Crippen MR) is 66.1 cm³/mol. The Morgan fingerprint density at radius 2 is 1.93 bits per heavy atom. The number of nitrogens with two attached hydrogens (primary N) is 1. The van der Waals surface area contributed by atoms with E-state index in [4.69, 9.17) is 5.73 Å². The normalized spacial score (nSPS) is 10.5. The molecule has 0 saturated carbocycles. The maximum absolute atomic E-state index is 5.73. The van der Waals surface area contributed by atoms with Crippen molar-refractivity contribution in [2.45, 2.75) is 20.3 Å². The van der Waals surface area contributed by atoms with Crippen molar-refractivity contribution in [3.05, 3.63) is 34.7 Å². The average molecular weight is 218 g/mol. The van der Waals surface area contributed by atoms with Crippen molar-refractivity contribution in [2.75, 3.05) is 5.73 Å². The van der Waals surface area contributed by atoms with Gasteiger partial charge in [-0.2, -0.15) is 0 Å². The van der Waals surface area contributed by atoms with E-state index in [1.54, 1.807) is 11.3 Å². The minimum absolute atomic E-state index is 0.648. The first-order valence-electron chi connectivity index (χ1n) is 5.03. The van der Waals surface area contributed by atoms with Gasteiger partial charge in [-0.25, -0.2) is 4.98 Å². The molecule has 2 aromatic rings. The molecule has 0 aliphatic heterocycles. The van der Waals surface area contributed by atoms with E-state index >= 15 is 0 Å². The van der Waals surface area contributed by atoms with Crippen molar-refractivity contribution in [1.29, 1.82) is 0 Å². The number of nitrogen functional groups attached to an aromatic ring is 1. The van der Waals surface area contributed by atoms with Crippen LogP contribution in [0.4, 0.5) is 5.82 Å². The van der Waals surface area contributed by atoms with E-state index < -0.39 is 0 Å². The van der Waals surface area contributed by atoms with E-state index in [0.29, 0.717) is 5.82 Å². The number of nitrogens with zero attached hydrogens (tertiary/aromatic N) is 1. The molecule has 0 fully saturated rings. The number of aromatic nitrogens is 1. The molecule has 1 heterocycles. The van der Waals surface area contributed by atoms with E-state index in [0.717, 1.165) is 21.9 Å². The maximum Gasteiger partial charge on any atom is 0.138 e. The second kappa shape index (κ2) is 4.03. The molecule has 3 heteroatoms. The van der Waals surface area contributed by atoms with E-state index in [1.807, 2.05) is 6.92 Å². The number of aryl methyl sites for hydroxylation is 2. The van der Waals surface area contributed by atoms with Crippen LogP contribution in [0.2, 0.25) is 0 Å². The van der Waals surface area contributed by atoms with Gasteiger partial charge in [0.1, 0.15) is 10.8 Å². The minimum atomic E-state index is 0.648. The van der Waals surface area contributed by atoms with Gasteiger partial charge in [0.15, 0.2) is 0 Å². The second-order valence-electron chi connectivity index (χ2n) is 3.51. The van der Waals surface area contributed by atoms with Gasteiger partial charge in [-0.05, 0) is 18.9 Å². The fourth-order valence-electron chi connectivity index (χ4n) is 1.41. The Bertz CT molecular complexity index is 437.